The van der Waals surface area contributed by atoms with Crippen LogP contribution in [0.3, 0.4) is 0 Å². The molecule has 0 aliphatic rings. The minimum absolute atomic E-state index is 0.0249. The minimum Gasteiger partial charge on any atom is -0.478 e. The summed E-state index contributed by atoms with van der Waals surface area (Å²) < 4.78 is 14.9. The van der Waals surface area contributed by atoms with E-state index in [1.54, 1.807) is 7.11 Å². The molecule has 0 bridgehead atoms. The monoisotopic (exact) mass is 234 g/mol. The van der Waals surface area contributed by atoms with Crippen molar-refractivity contribution in [1.29, 1.82) is 0 Å². The summed E-state index contributed by atoms with van der Waals surface area (Å²) in [6.45, 7) is 2.31. The Labute approximate surface area is 94.4 Å². The van der Waals surface area contributed by atoms with E-state index in [1.807, 2.05) is 0 Å². The molecule has 0 aliphatic carbocycles. The molecule has 0 aromatic carbocycles. The van der Waals surface area contributed by atoms with Crippen molar-refractivity contribution >= 4 is 5.97 Å². The van der Waals surface area contributed by atoms with Crippen LogP contribution in [0.25, 0.3) is 0 Å². The van der Waals surface area contributed by atoms with Gasteiger partial charge in [-0.15, -0.1) is 0 Å². The molecule has 16 heavy (non-hydrogen) atoms. The van der Waals surface area contributed by atoms with E-state index in [0.717, 1.165) is 6.08 Å². The van der Waals surface area contributed by atoms with Crippen molar-refractivity contribution in [2.45, 2.75) is 19.1 Å². The smallest absolute Gasteiger partial charge is 0.328 e. The first kappa shape index (κ1) is 15.0. The summed E-state index contributed by atoms with van der Waals surface area (Å²) in [6, 6.07) is 0. The van der Waals surface area contributed by atoms with Crippen molar-refractivity contribution < 1.29 is 29.2 Å². The number of rotatable bonds is 9. The Morgan fingerprint density at radius 3 is 2.62 bits per heavy atom. The molecule has 0 saturated carbocycles. The fourth-order valence-electron chi connectivity index (χ4n) is 0.861. The first-order valence-corrected chi connectivity index (χ1v) is 4.85. The fraction of sp³-hybridized carbons (Fsp3) is 0.700. The van der Waals surface area contributed by atoms with Gasteiger partial charge in [0.05, 0.1) is 19.3 Å². The maximum atomic E-state index is 10.3. The maximum Gasteiger partial charge on any atom is 0.328 e. The van der Waals surface area contributed by atoms with Crippen LogP contribution in [-0.2, 0) is 19.0 Å². The predicted molar refractivity (Wildman–Crippen MR) is 56.0 cm³/mol. The number of ether oxygens (including phenoxy) is 3. The molecular weight excluding hydrogens is 216 g/mol. The second-order valence-electron chi connectivity index (χ2n) is 3.09. The molecule has 0 amide bonds. The molecule has 0 aromatic heterocycles. The Kier molecular flexibility index (Phi) is 8.74. The van der Waals surface area contributed by atoms with Gasteiger partial charge in [0.2, 0.25) is 0 Å². The standard InChI is InChI=1S/C10H18O6/c1-8(11)9(3-4-10(12)13)16-7-15-6-5-14-2/h3-4,8-9,11H,5-7H2,1-2H3,(H,12,13)/b4-3+/t8-,9+/m0/s1. The van der Waals surface area contributed by atoms with E-state index in [4.69, 9.17) is 19.3 Å². The normalized spacial score (nSPS) is 15.2. The second-order valence-corrected chi connectivity index (χ2v) is 3.09. The molecule has 0 saturated heterocycles. The highest BCUT2D eigenvalue weighted by molar-refractivity contribution is 5.79. The zero-order valence-corrected chi connectivity index (χ0v) is 9.46. The molecule has 0 aromatic rings. The number of aliphatic hydroxyl groups excluding tert-OH is 1. The van der Waals surface area contributed by atoms with Gasteiger partial charge in [-0.1, -0.05) is 0 Å². The zero-order valence-electron chi connectivity index (χ0n) is 9.46. The average molecular weight is 234 g/mol. The average Bonchev–Trinajstić information content (AvgIpc) is 2.21. The summed E-state index contributed by atoms with van der Waals surface area (Å²) >= 11 is 0. The molecule has 2 atom stereocenters. The number of methoxy groups -OCH3 is 1. The Morgan fingerprint density at radius 2 is 2.12 bits per heavy atom. The molecule has 0 spiro atoms. The van der Waals surface area contributed by atoms with Gasteiger partial charge in [-0.3, -0.25) is 0 Å². The minimum atomic E-state index is -1.09. The summed E-state index contributed by atoms with van der Waals surface area (Å²) in [6.07, 6.45) is 0.694. The van der Waals surface area contributed by atoms with Crippen molar-refractivity contribution in [1.82, 2.24) is 0 Å². The fourth-order valence-corrected chi connectivity index (χ4v) is 0.861. The van der Waals surface area contributed by atoms with Crippen molar-refractivity contribution in [2.75, 3.05) is 27.1 Å². The van der Waals surface area contributed by atoms with Gasteiger partial charge in [0, 0.05) is 13.2 Å². The van der Waals surface area contributed by atoms with Crippen molar-refractivity contribution in [2.24, 2.45) is 0 Å². The van der Waals surface area contributed by atoms with Crippen LogP contribution in [0.5, 0.6) is 0 Å². The van der Waals surface area contributed by atoms with Crippen molar-refractivity contribution in [3.8, 4) is 0 Å². The van der Waals surface area contributed by atoms with Crippen LogP contribution in [-0.4, -0.2) is 55.5 Å². The number of aliphatic hydroxyl groups is 1. The van der Waals surface area contributed by atoms with E-state index < -0.39 is 18.2 Å². The molecule has 0 fully saturated rings. The lowest BCUT2D eigenvalue weighted by Crippen LogP contribution is -2.26. The van der Waals surface area contributed by atoms with Crippen molar-refractivity contribution in [3.63, 3.8) is 0 Å². The third-order valence-corrected chi connectivity index (χ3v) is 1.68. The lowest BCUT2D eigenvalue weighted by atomic mass is 10.2. The van der Waals surface area contributed by atoms with Crippen molar-refractivity contribution in [3.05, 3.63) is 12.2 Å². The summed E-state index contributed by atoms with van der Waals surface area (Å²) in [4.78, 5) is 10.3. The van der Waals surface area contributed by atoms with E-state index in [2.05, 4.69) is 0 Å². The second kappa shape index (κ2) is 9.29. The Balaban J connectivity index is 3.82. The van der Waals surface area contributed by atoms with E-state index in [9.17, 15) is 9.90 Å². The van der Waals surface area contributed by atoms with Gasteiger partial charge in [0.1, 0.15) is 12.9 Å². The topological polar surface area (TPSA) is 85.2 Å². The van der Waals surface area contributed by atoms with Gasteiger partial charge in [-0.2, -0.15) is 0 Å². The Morgan fingerprint density at radius 1 is 1.44 bits per heavy atom. The van der Waals surface area contributed by atoms with E-state index in [-0.39, 0.29) is 6.79 Å². The molecule has 6 heteroatoms. The molecule has 0 unspecified atom stereocenters. The molecule has 0 aliphatic heterocycles. The quantitative estimate of drug-likeness (QED) is 0.332. The molecule has 94 valence electrons. The number of hydrogen-bond acceptors (Lipinski definition) is 5. The van der Waals surface area contributed by atoms with Crippen LogP contribution in [0, 0.1) is 0 Å². The van der Waals surface area contributed by atoms with Crippen LogP contribution in [0.1, 0.15) is 6.92 Å². The third kappa shape index (κ3) is 8.37. The molecular formula is C10H18O6. The largest absolute Gasteiger partial charge is 0.478 e. The number of carbonyl (C=O) groups is 1. The van der Waals surface area contributed by atoms with Crippen LogP contribution >= 0.6 is 0 Å². The van der Waals surface area contributed by atoms with Gasteiger partial charge < -0.3 is 24.4 Å². The van der Waals surface area contributed by atoms with Crippen LogP contribution in [0.15, 0.2) is 12.2 Å². The number of carboxylic acids is 1. The molecule has 0 radical (unpaired) electrons. The van der Waals surface area contributed by atoms with Gasteiger partial charge in [0.15, 0.2) is 0 Å². The SMILES string of the molecule is COCCOCO[C@H](/C=C/C(=O)O)[C@H](C)O. The number of aliphatic carboxylic acids is 1. The van der Waals surface area contributed by atoms with Crippen LogP contribution in [0.4, 0.5) is 0 Å². The first-order valence-electron chi connectivity index (χ1n) is 4.85. The molecule has 0 heterocycles. The van der Waals surface area contributed by atoms with E-state index >= 15 is 0 Å². The Bertz CT molecular complexity index is 213. The van der Waals surface area contributed by atoms with Gasteiger partial charge >= 0.3 is 5.97 Å². The van der Waals surface area contributed by atoms with Crippen LogP contribution in [0.2, 0.25) is 0 Å². The maximum absolute atomic E-state index is 10.3. The highest BCUT2D eigenvalue weighted by Gasteiger charge is 2.12. The molecule has 6 nitrogen and oxygen atoms in total. The van der Waals surface area contributed by atoms with Gasteiger partial charge in [-0.05, 0) is 13.0 Å². The number of carboxylic acid groups (broad SMARTS) is 1. The highest BCUT2D eigenvalue weighted by Crippen LogP contribution is 2.01. The predicted octanol–water partition coefficient (Wildman–Crippen LogP) is 0.0137. The third-order valence-electron chi connectivity index (χ3n) is 1.68. The lowest BCUT2D eigenvalue weighted by molar-refractivity contribution is -0.131. The summed E-state index contributed by atoms with van der Waals surface area (Å²) in [5.74, 6) is -1.09. The van der Waals surface area contributed by atoms with Gasteiger partial charge in [-0.25, -0.2) is 4.79 Å². The summed E-state index contributed by atoms with van der Waals surface area (Å²) in [5.41, 5.74) is 0. The van der Waals surface area contributed by atoms with Gasteiger partial charge in [0.25, 0.3) is 0 Å². The number of hydrogen-bond donors (Lipinski definition) is 2. The first-order chi connectivity index (χ1) is 7.57. The summed E-state index contributed by atoms with van der Waals surface area (Å²) in [5, 5.41) is 17.7. The summed E-state index contributed by atoms with van der Waals surface area (Å²) in [7, 11) is 1.55. The molecule has 0 rings (SSSR count). The highest BCUT2D eigenvalue weighted by atomic mass is 16.7. The zero-order chi connectivity index (χ0) is 12.4. The molecule has 2 N–H and O–H groups in total. The Hall–Kier alpha value is -0.950. The van der Waals surface area contributed by atoms with E-state index in [0.29, 0.717) is 13.2 Å². The van der Waals surface area contributed by atoms with E-state index in [1.165, 1.54) is 13.0 Å². The van der Waals surface area contributed by atoms with Crippen LogP contribution < -0.4 is 0 Å². The lowest BCUT2D eigenvalue weighted by Gasteiger charge is -2.16.